The Labute approximate surface area is 168 Å². The minimum atomic E-state index is 0.166. The lowest BCUT2D eigenvalue weighted by Crippen LogP contribution is -2.36. The number of aromatic amines is 1. The fourth-order valence-electron chi connectivity index (χ4n) is 3.41. The van der Waals surface area contributed by atoms with Gasteiger partial charge in [-0.2, -0.15) is 5.10 Å². The number of rotatable bonds is 4. The largest absolute Gasteiger partial charge is 0.338 e. The van der Waals surface area contributed by atoms with Gasteiger partial charge in [-0.15, -0.1) is 0 Å². The molecule has 0 aliphatic carbocycles. The van der Waals surface area contributed by atoms with Gasteiger partial charge >= 0.3 is 0 Å². The van der Waals surface area contributed by atoms with E-state index in [1.54, 1.807) is 0 Å². The van der Waals surface area contributed by atoms with Crippen LogP contribution in [0.2, 0.25) is 10.0 Å². The molecule has 27 heavy (non-hydrogen) atoms. The Kier molecular flexibility index (Phi) is 5.19. The fourth-order valence-corrected chi connectivity index (χ4v) is 3.67. The lowest BCUT2D eigenvalue weighted by Gasteiger charge is -2.27. The van der Waals surface area contributed by atoms with Gasteiger partial charge in [0.05, 0.1) is 5.69 Å². The number of hydrogen-bond donors (Lipinski definition) is 1. The van der Waals surface area contributed by atoms with Crippen LogP contribution in [0.4, 0.5) is 0 Å². The summed E-state index contributed by atoms with van der Waals surface area (Å²) in [4.78, 5) is 14.6. The molecule has 0 saturated carbocycles. The number of fused-ring (bicyclic) bond motifs is 1. The normalized spacial score (nSPS) is 13.5. The van der Waals surface area contributed by atoms with Gasteiger partial charge < -0.3 is 4.90 Å². The molecule has 0 saturated heterocycles. The second kappa shape index (κ2) is 7.75. The van der Waals surface area contributed by atoms with Gasteiger partial charge in [0.25, 0.3) is 0 Å². The summed E-state index contributed by atoms with van der Waals surface area (Å²) in [5.41, 5.74) is 5.24. The van der Waals surface area contributed by atoms with Gasteiger partial charge in [-0.25, -0.2) is 0 Å². The molecule has 138 valence electrons. The van der Waals surface area contributed by atoms with E-state index in [1.807, 2.05) is 53.4 Å². The van der Waals surface area contributed by atoms with Crippen LogP contribution in [0.25, 0.3) is 11.3 Å². The maximum atomic E-state index is 12.7. The molecule has 1 aliphatic heterocycles. The number of hydrogen-bond acceptors (Lipinski definition) is 2. The minimum Gasteiger partial charge on any atom is -0.338 e. The SMILES string of the molecule is O=C(CCc1ccc(Cl)cc1)N1CCc2[nH]nc(-c3ccc(Cl)cc3)c2C1. The number of amides is 1. The number of carbonyl (C=O) groups excluding carboxylic acids is 1. The van der Waals surface area contributed by atoms with Crippen molar-refractivity contribution in [1.29, 1.82) is 0 Å². The van der Waals surface area contributed by atoms with Gasteiger partial charge in [0.2, 0.25) is 5.91 Å². The zero-order valence-corrected chi connectivity index (χ0v) is 16.2. The molecule has 1 amide bonds. The number of benzene rings is 2. The first kappa shape index (κ1) is 18.1. The molecule has 2 heterocycles. The van der Waals surface area contributed by atoms with E-state index >= 15 is 0 Å². The van der Waals surface area contributed by atoms with Crippen LogP contribution in [0, 0.1) is 0 Å². The van der Waals surface area contributed by atoms with E-state index < -0.39 is 0 Å². The molecule has 2 aromatic carbocycles. The average Bonchev–Trinajstić information content (AvgIpc) is 3.11. The zero-order valence-electron chi connectivity index (χ0n) is 14.7. The summed E-state index contributed by atoms with van der Waals surface area (Å²) in [6.07, 6.45) is 2.00. The third-order valence-electron chi connectivity index (χ3n) is 4.94. The Morgan fingerprint density at radius 1 is 1.04 bits per heavy atom. The highest BCUT2D eigenvalue weighted by Crippen LogP contribution is 2.29. The first-order valence-corrected chi connectivity index (χ1v) is 9.70. The molecule has 0 atom stereocenters. The highest BCUT2D eigenvalue weighted by Gasteiger charge is 2.25. The molecule has 0 bridgehead atoms. The third-order valence-corrected chi connectivity index (χ3v) is 5.45. The van der Waals surface area contributed by atoms with Crippen molar-refractivity contribution in [2.24, 2.45) is 0 Å². The van der Waals surface area contributed by atoms with Crippen LogP contribution in [0.15, 0.2) is 48.5 Å². The van der Waals surface area contributed by atoms with Crippen molar-refractivity contribution in [2.75, 3.05) is 6.54 Å². The highest BCUT2D eigenvalue weighted by atomic mass is 35.5. The molecule has 6 heteroatoms. The number of halogens is 2. The number of nitrogens with one attached hydrogen (secondary N) is 1. The number of aromatic nitrogens is 2. The molecule has 1 aromatic heterocycles. The minimum absolute atomic E-state index is 0.166. The van der Waals surface area contributed by atoms with Gasteiger partial charge in [0.15, 0.2) is 0 Å². The van der Waals surface area contributed by atoms with Crippen molar-refractivity contribution >= 4 is 29.1 Å². The molecule has 0 fully saturated rings. The molecule has 1 N–H and O–H groups in total. The van der Waals surface area contributed by atoms with E-state index in [0.29, 0.717) is 29.6 Å². The van der Waals surface area contributed by atoms with Crippen molar-refractivity contribution in [3.63, 3.8) is 0 Å². The summed E-state index contributed by atoms with van der Waals surface area (Å²) < 4.78 is 0. The Hall–Kier alpha value is -2.30. The second-order valence-electron chi connectivity index (χ2n) is 6.73. The van der Waals surface area contributed by atoms with Gasteiger partial charge in [0, 0.05) is 52.8 Å². The van der Waals surface area contributed by atoms with E-state index in [4.69, 9.17) is 23.2 Å². The lowest BCUT2D eigenvalue weighted by atomic mass is 10.0. The van der Waals surface area contributed by atoms with Crippen molar-refractivity contribution in [2.45, 2.75) is 25.8 Å². The third kappa shape index (κ3) is 4.02. The molecule has 0 spiro atoms. The van der Waals surface area contributed by atoms with Crippen LogP contribution in [0.3, 0.4) is 0 Å². The predicted octanol–water partition coefficient (Wildman–Crippen LogP) is 4.90. The Balaban J connectivity index is 1.45. The van der Waals surface area contributed by atoms with Gasteiger partial charge in [0.1, 0.15) is 0 Å². The van der Waals surface area contributed by atoms with Crippen LogP contribution >= 0.6 is 23.2 Å². The number of carbonyl (C=O) groups is 1. The molecule has 4 rings (SSSR count). The Morgan fingerprint density at radius 3 is 2.41 bits per heavy atom. The molecular formula is C21H19Cl2N3O. The number of H-pyrrole nitrogens is 1. The van der Waals surface area contributed by atoms with Crippen molar-refractivity contribution in [3.8, 4) is 11.3 Å². The highest BCUT2D eigenvalue weighted by molar-refractivity contribution is 6.30. The molecule has 3 aromatic rings. The second-order valence-corrected chi connectivity index (χ2v) is 7.60. The topological polar surface area (TPSA) is 49.0 Å². The van der Waals surface area contributed by atoms with Gasteiger partial charge in [-0.3, -0.25) is 9.89 Å². The smallest absolute Gasteiger partial charge is 0.223 e. The quantitative estimate of drug-likeness (QED) is 0.677. The van der Waals surface area contributed by atoms with Crippen molar-refractivity contribution in [1.82, 2.24) is 15.1 Å². The van der Waals surface area contributed by atoms with Crippen molar-refractivity contribution < 1.29 is 4.79 Å². The average molecular weight is 400 g/mol. The summed E-state index contributed by atoms with van der Waals surface area (Å²) in [5.74, 6) is 0.166. The van der Waals surface area contributed by atoms with E-state index in [2.05, 4.69) is 10.2 Å². The summed E-state index contributed by atoms with van der Waals surface area (Å²) >= 11 is 11.9. The van der Waals surface area contributed by atoms with Crippen LogP contribution in [-0.4, -0.2) is 27.5 Å². The molecule has 0 radical (unpaired) electrons. The Morgan fingerprint density at radius 2 is 1.70 bits per heavy atom. The summed E-state index contributed by atoms with van der Waals surface area (Å²) in [7, 11) is 0. The number of nitrogens with zero attached hydrogens (tertiary/aromatic N) is 2. The molecule has 4 nitrogen and oxygen atoms in total. The molecule has 0 unspecified atom stereocenters. The maximum Gasteiger partial charge on any atom is 0.223 e. The van der Waals surface area contributed by atoms with Gasteiger partial charge in [-0.05, 0) is 36.2 Å². The monoisotopic (exact) mass is 399 g/mol. The van der Waals surface area contributed by atoms with Crippen LogP contribution < -0.4 is 0 Å². The summed E-state index contributed by atoms with van der Waals surface area (Å²) in [6.45, 7) is 1.30. The number of aryl methyl sites for hydroxylation is 1. The Bertz CT molecular complexity index is 949. The maximum absolute atomic E-state index is 12.7. The lowest BCUT2D eigenvalue weighted by molar-refractivity contribution is -0.132. The van der Waals surface area contributed by atoms with Crippen LogP contribution in [0.5, 0.6) is 0 Å². The fraction of sp³-hybridized carbons (Fsp3) is 0.238. The summed E-state index contributed by atoms with van der Waals surface area (Å²) in [5, 5.41) is 9.01. The van der Waals surface area contributed by atoms with E-state index in [-0.39, 0.29) is 5.91 Å². The first-order chi connectivity index (χ1) is 13.1. The molecule has 1 aliphatic rings. The zero-order chi connectivity index (χ0) is 18.8. The summed E-state index contributed by atoms with van der Waals surface area (Å²) in [6, 6.07) is 15.3. The predicted molar refractivity (Wildman–Crippen MR) is 108 cm³/mol. The van der Waals surface area contributed by atoms with E-state index in [0.717, 1.165) is 40.9 Å². The van der Waals surface area contributed by atoms with E-state index in [1.165, 1.54) is 0 Å². The van der Waals surface area contributed by atoms with Gasteiger partial charge in [-0.1, -0.05) is 47.5 Å². The van der Waals surface area contributed by atoms with Crippen LogP contribution in [0.1, 0.15) is 23.2 Å². The van der Waals surface area contributed by atoms with E-state index in [9.17, 15) is 4.79 Å². The van der Waals surface area contributed by atoms with Crippen molar-refractivity contribution in [3.05, 3.63) is 75.4 Å². The van der Waals surface area contributed by atoms with Crippen LogP contribution in [-0.2, 0) is 24.2 Å². The standard InChI is InChI=1S/C21H19Cl2N3O/c22-16-6-1-14(2-7-16)3-10-20(27)26-12-11-19-18(13-26)21(25-24-19)15-4-8-17(23)9-5-15/h1-2,4-9H,3,10-13H2,(H,24,25). The molecular weight excluding hydrogens is 381 g/mol. The first-order valence-electron chi connectivity index (χ1n) is 8.94.